The Balaban J connectivity index is -0.0000000873. The van der Waals surface area contributed by atoms with Gasteiger partial charge in [0.05, 0.1) is 0 Å². The van der Waals surface area contributed by atoms with Crippen molar-refractivity contribution < 1.29 is 46.6 Å². The van der Waals surface area contributed by atoms with E-state index in [0.717, 1.165) is 75.0 Å². The minimum Gasteiger partial charge on any atom is -0.396 e. The monoisotopic (exact) mass is 498 g/mol. The molecule has 0 aliphatic heterocycles. The van der Waals surface area contributed by atoms with E-state index in [1.165, 1.54) is 0 Å². The smallest absolute Gasteiger partial charge is 0.0431 e. The first kappa shape index (κ1) is 40.1. The average molecular weight is 500 g/mol. The molecule has 0 unspecified atom stereocenters. The summed E-state index contributed by atoms with van der Waals surface area (Å²) in [6.45, 7) is 18.7. The minimum absolute atomic E-state index is 0. The normalized spacial score (nSPS) is 9.93. The maximum Gasteiger partial charge on any atom is 0.0431 e. The first-order valence-electron chi connectivity index (χ1n) is 11.5. The molecule has 0 spiro atoms. The van der Waals surface area contributed by atoms with Gasteiger partial charge in [-0.25, -0.2) is 0 Å². The van der Waals surface area contributed by atoms with Gasteiger partial charge >= 0.3 is 0 Å². The van der Waals surface area contributed by atoms with Gasteiger partial charge in [0.15, 0.2) is 0 Å². The van der Waals surface area contributed by atoms with E-state index < -0.39 is 0 Å². The van der Waals surface area contributed by atoms with E-state index in [0.29, 0.717) is 26.4 Å². The molecular weight excluding hydrogens is 443 g/mol. The summed E-state index contributed by atoms with van der Waals surface area (Å²) in [5.41, 5.74) is 0. The molecule has 5 heteroatoms. The Morgan fingerprint density at radius 2 is 0.517 bits per heavy atom. The van der Waals surface area contributed by atoms with Crippen LogP contribution in [0.2, 0.25) is 0 Å². The van der Waals surface area contributed by atoms with Crippen LogP contribution >= 0.6 is 0 Å². The largest absolute Gasteiger partial charge is 0.396 e. The van der Waals surface area contributed by atoms with Crippen molar-refractivity contribution in [3.05, 3.63) is 0 Å². The van der Waals surface area contributed by atoms with Gasteiger partial charge in [-0.05, 0) is 75.0 Å². The van der Waals surface area contributed by atoms with Gasteiger partial charge in [-0.15, -0.1) is 0 Å². The van der Waals surface area contributed by atoms with Crippen molar-refractivity contribution in [3.63, 3.8) is 0 Å². The van der Waals surface area contributed by atoms with Crippen LogP contribution in [0.15, 0.2) is 0 Å². The zero-order valence-corrected chi connectivity index (χ0v) is 23.5. The molecule has 0 rings (SSSR count). The van der Waals surface area contributed by atoms with Crippen molar-refractivity contribution in [2.75, 3.05) is 26.4 Å². The maximum absolute atomic E-state index is 8.32. The summed E-state index contributed by atoms with van der Waals surface area (Å²) in [5.74, 6) is 2.97. The summed E-state index contributed by atoms with van der Waals surface area (Å²) in [6, 6.07) is 0. The maximum atomic E-state index is 8.32. The van der Waals surface area contributed by atoms with Gasteiger partial charge in [-0.2, -0.15) is 0 Å². The quantitative estimate of drug-likeness (QED) is 0.279. The molecule has 0 aromatic heterocycles. The number of aliphatic hydroxyl groups is 4. The minimum atomic E-state index is 0. The van der Waals surface area contributed by atoms with Gasteiger partial charge in [0.25, 0.3) is 0 Å². The molecule has 0 radical (unpaired) electrons. The third-order valence-electron chi connectivity index (χ3n) is 3.76. The molecule has 180 valence electrons. The standard InChI is InChI=1S/4C6H14O.Zr/c4*1-6(2)4-3-5-7;/h4*6-7H,3-5H2,1-2H3;. The van der Waals surface area contributed by atoms with Crippen molar-refractivity contribution in [3.8, 4) is 0 Å². The van der Waals surface area contributed by atoms with Gasteiger partial charge in [0.1, 0.15) is 0 Å². The number of hydrogen-bond donors (Lipinski definition) is 4. The van der Waals surface area contributed by atoms with E-state index in [4.69, 9.17) is 20.4 Å². The van der Waals surface area contributed by atoms with Gasteiger partial charge in [-0.3, -0.25) is 0 Å². The Morgan fingerprint density at radius 1 is 0.379 bits per heavy atom. The average Bonchev–Trinajstić information content (AvgIpc) is 2.62. The van der Waals surface area contributed by atoms with Gasteiger partial charge < -0.3 is 20.4 Å². The zero-order valence-electron chi connectivity index (χ0n) is 21.1. The third kappa shape index (κ3) is 73.3. The van der Waals surface area contributed by atoms with Crippen LogP contribution in [-0.2, 0) is 26.2 Å². The van der Waals surface area contributed by atoms with Gasteiger partial charge in [0.2, 0.25) is 0 Å². The van der Waals surface area contributed by atoms with Crippen LogP contribution in [0.3, 0.4) is 0 Å². The van der Waals surface area contributed by atoms with Crippen LogP contribution in [0.25, 0.3) is 0 Å². The molecule has 0 aliphatic carbocycles. The Morgan fingerprint density at radius 3 is 0.552 bits per heavy atom. The summed E-state index contributed by atoms with van der Waals surface area (Å²) in [6.07, 6.45) is 8.42. The molecule has 0 fully saturated rings. The van der Waals surface area contributed by atoms with Crippen LogP contribution in [0.4, 0.5) is 0 Å². The summed E-state index contributed by atoms with van der Waals surface area (Å²) in [7, 11) is 0. The first-order valence-corrected chi connectivity index (χ1v) is 11.5. The predicted molar refractivity (Wildman–Crippen MR) is 125 cm³/mol. The first-order chi connectivity index (χ1) is 13.1. The van der Waals surface area contributed by atoms with Gasteiger partial charge in [0, 0.05) is 52.6 Å². The van der Waals surface area contributed by atoms with Crippen molar-refractivity contribution in [1.29, 1.82) is 0 Å². The van der Waals surface area contributed by atoms with Crippen LogP contribution in [-0.4, -0.2) is 46.9 Å². The Bertz CT molecular complexity index is 187. The molecule has 4 nitrogen and oxygen atoms in total. The second-order valence-corrected chi connectivity index (χ2v) is 9.04. The summed E-state index contributed by atoms with van der Waals surface area (Å²) in [5, 5.41) is 33.3. The molecule has 4 N–H and O–H groups in total. The van der Waals surface area contributed by atoms with Crippen LogP contribution in [0.5, 0.6) is 0 Å². The summed E-state index contributed by atoms with van der Waals surface area (Å²) in [4.78, 5) is 0. The van der Waals surface area contributed by atoms with E-state index >= 15 is 0 Å². The SMILES string of the molecule is CC(C)CCCO.CC(C)CCCO.CC(C)CCCO.CC(C)CCCO.[Zr]. The molecule has 0 amide bonds. The van der Waals surface area contributed by atoms with E-state index in [1.807, 2.05) is 0 Å². The van der Waals surface area contributed by atoms with Crippen LogP contribution in [0, 0.1) is 23.7 Å². The number of aliphatic hydroxyl groups excluding tert-OH is 4. The van der Waals surface area contributed by atoms with Crippen molar-refractivity contribution >= 4 is 0 Å². The fraction of sp³-hybridized carbons (Fsp3) is 1.00. The third-order valence-corrected chi connectivity index (χ3v) is 3.76. The molecule has 0 saturated heterocycles. The van der Waals surface area contributed by atoms with Crippen molar-refractivity contribution in [2.45, 2.75) is 107 Å². The van der Waals surface area contributed by atoms with Crippen molar-refractivity contribution in [1.82, 2.24) is 0 Å². The summed E-state index contributed by atoms with van der Waals surface area (Å²) >= 11 is 0. The number of rotatable bonds is 12. The molecule has 0 atom stereocenters. The predicted octanol–water partition coefficient (Wildman–Crippen LogP) is 5.66. The Labute approximate surface area is 203 Å². The topological polar surface area (TPSA) is 80.9 Å². The Hall–Kier alpha value is 0.723. The summed E-state index contributed by atoms with van der Waals surface area (Å²) < 4.78 is 0. The van der Waals surface area contributed by atoms with Crippen LogP contribution in [0.1, 0.15) is 107 Å². The fourth-order valence-corrected chi connectivity index (χ4v) is 2.00. The second kappa shape index (κ2) is 36.1. The molecule has 0 bridgehead atoms. The van der Waals surface area contributed by atoms with Crippen LogP contribution < -0.4 is 0 Å². The Kier molecular flexibility index (Phi) is 50.0. The van der Waals surface area contributed by atoms with E-state index in [1.54, 1.807) is 0 Å². The van der Waals surface area contributed by atoms with E-state index in [9.17, 15) is 0 Å². The van der Waals surface area contributed by atoms with Crippen molar-refractivity contribution in [2.24, 2.45) is 23.7 Å². The molecule has 0 aromatic carbocycles. The molecular formula is C24H56O4Zr. The number of hydrogen-bond acceptors (Lipinski definition) is 4. The molecule has 0 aliphatic rings. The second-order valence-electron chi connectivity index (χ2n) is 9.04. The van der Waals surface area contributed by atoms with E-state index in [-0.39, 0.29) is 26.2 Å². The molecule has 0 heterocycles. The van der Waals surface area contributed by atoms with Gasteiger partial charge in [-0.1, -0.05) is 55.4 Å². The molecule has 29 heavy (non-hydrogen) atoms. The molecule has 0 aromatic rings. The molecule has 0 saturated carbocycles. The zero-order chi connectivity index (χ0) is 22.8. The fourth-order valence-electron chi connectivity index (χ4n) is 2.00. The van der Waals surface area contributed by atoms with E-state index in [2.05, 4.69) is 55.4 Å².